The summed E-state index contributed by atoms with van der Waals surface area (Å²) in [6.45, 7) is 4.44. The molecule has 0 amide bonds. The molecule has 0 saturated heterocycles. The van der Waals surface area contributed by atoms with E-state index in [1.807, 2.05) is 0 Å². The zero-order valence-electron chi connectivity index (χ0n) is 12.2. The number of hydrogen-bond donors (Lipinski definition) is 1. The number of nitrogens with zero attached hydrogens (tertiary/aromatic N) is 2. The van der Waals surface area contributed by atoms with Gasteiger partial charge in [-0.05, 0) is 30.4 Å². The van der Waals surface area contributed by atoms with Crippen LogP contribution in [0, 0.1) is 5.41 Å². The van der Waals surface area contributed by atoms with Crippen molar-refractivity contribution in [3.8, 4) is 11.4 Å². The van der Waals surface area contributed by atoms with Gasteiger partial charge in [-0.2, -0.15) is 4.98 Å². The number of carboxylic acids is 1. The molecular formula is C16H18N2O3. The Morgan fingerprint density at radius 3 is 2.90 bits per heavy atom. The van der Waals surface area contributed by atoms with Crippen molar-refractivity contribution in [2.45, 2.75) is 39.0 Å². The molecule has 1 aliphatic rings. The van der Waals surface area contributed by atoms with Crippen molar-refractivity contribution in [3.05, 3.63) is 35.7 Å². The highest BCUT2D eigenvalue weighted by Gasteiger charge is 2.39. The summed E-state index contributed by atoms with van der Waals surface area (Å²) in [6.07, 6.45) is 3.39. The molecule has 1 N–H and O–H groups in total. The van der Waals surface area contributed by atoms with Crippen LogP contribution in [0.3, 0.4) is 0 Å². The minimum Gasteiger partial charge on any atom is -0.478 e. The van der Waals surface area contributed by atoms with E-state index in [2.05, 4.69) is 24.0 Å². The molecule has 1 atom stereocenters. The van der Waals surface area contributed by atoms with E-state index < -0.39 is 5.97 Å². The molecule has 110 valence electrons. The Balaban J connectivity index is 1.92. The Morgan fingerprint density at radius 1 is 1.43 bits per heavy atom. The Kier molecular flexibility index (Phi) is 3.27. The third-order valence-electron chi connectivity index (χ3n) is 4.36. The zero-order valence-corrected chi connectivity index (χ0v) is 12.2. The average Bonchev–Trinajstić information content (AvgIpc) is 3.04. The van der Waals surface area contributed by atoms with Crippen LogP contribution in [0.25, 0.3) is 11.4 Å². The van der Waals surface area contributed by atoms with E-state index in [4.69, 9.17) is 9.63 Å². The molecule has 0 radical (unpaired) electrons. The average molecular weight is 286 g/mol. The van der Waals surface area contributed by atoms with Gasteiger partial charge in [0.15, 0.2) is 0 Å². The van der Waals surface area contributed by atoms with Crippen LogP contribution < -0.4 is 0 Å². The topological polar surface area (TPSA) is 76.2 Å². The molecular weight excluding hydrogens is 268 g/mol. The Bertz CT molecular complexity index is 676. The van der Waals surface area contributed by atoms with E-state index in [-0.39, 0.29) is 16.9 Å². The highest BCUT2D eigenvalue weighted by atomic mass is 16.5. The van der Waals surface area contributed by atoms with E-state index in [1.54, 1.807) is 24.3 Å². The third-order valence-corrected chi connectivity index (χ3v) is 4.36. The van der Waals surface area contributed by atoms with E-state index in [1.165, 1.54) is 6.42 Å². The molecule has 3 rings (SSSR count). The highest BCUT2D eigenvalue weighted by molar-refractivity contribution is 5.89. The maximum absolute atomic E-state index is 11.0. The van der Waals surface area contributed by atoms with Gasteiger partial charge in [-0.25, -0.2) is 4.79 Å². The van der Waals surface area contributed by atoms with Crippen molar-refractivity contribution in [1.82, 2.24) is 10.1 Å². The summed E-state index contributed by atoms with van der Waals surface area (Å²) in [7, 11) is 0. The fourth-order valence-corrected chi connectivity index (χ4v) is 3.07. The van der Waals surface area contributed by atoms with Crippen molar-refractivity contribution in [3.63, 3.8) is 0 Å². The minimum atomic E-state index is -0.961. The Labute approximate surface area is 123 Å². The zero-order chi connectivity index (χ0) is 15.0. The first kappa shape index (κ1) is 13.8. The first-order chi connectivity index (χ1) is 9.97. The molecule has 1 aromatic carbocycles. The predicted octanol–water partition coefficient (Wildman–Crippen LogP) is 3.73. The lowest BCUT2D eigenvalue weighted by Gasteiger charge is -2.23. The first-order valence-corrected chi connectivity index (χ1v) is 7.15. The number of hydrogen-bond acceptors (Lipinski definition) is 4. The van der Waals surface area contributed by atoms with Crippen LogP contribution in [0.2, 0.25) is 0 Å². The van der Waals surface area contributed by atoms with Gasteiger partial charge in [0, 0.05) is 11.5 Å². The molecule has 2 aromatic rings. The molecule has 5 nitrogen and oxygen atoms in total. The van der Waals surface area contributed by atoms with Crippen LogP contribution in [0.5, 0.6) is 0 Å². The lowest BCUT2D eigenvalue weighted by atomic mass is 9.82. The summed E-state index contributed by atoms with van der Waals surface area (Å²) in [5.41, 5.74) is 1.06. The maximum atomic E-state index is 11.0. The van der Waals surface area contributed by atoms with Crippen molar-refractivity contribution in [2.75, 3.05) is 0 Å². The summed E-state index contributed by atoms with van der Waals surface area (Å²) >= 11 is 0. The van der Waals surface area contributed by atoms with E-state index >= 15 is 0 Å². The van der Waals surface area contributed by atoms with Crippen molar-refractivity contribution in [2.24, 2.45) is 5.41 Å². The van der Waals surface area contributed by atoms with E-state index in [0.717, 1.165) is 12.8 Å². The van der Waals surface area contributed by atoms with Gasteiger partial charge in [-0.1, -0.05) is 37.6 Å². The number of carbonyl (C=O) groups is 1. The molecule has 0 spiro atoms. The summed E-state index contributed by atoms with van der Waals surface area (Å²) in [5.74, 6) is 0.433. The van der Waals surface area contributed by atoms with Crippen molar-refractivity contribution in [1.29, 1.82) is 0 Å². The first-order valence-electron chi connectivity index (χ1n) is 7.15. The Hall–Kier alpha value is -2.17. The van der Waals surface area contributed by atoms with Crippen molar-refractivity contribution >= 4 is 5.97 Å². The van der Waals surface area contributed by atoms with Gasteiger partial charge in [-0.3, -0.25) is 0 Å². The fraction of sp³-hybridized carbons (Fsp3) is 0.438. The second kappa shape index (κ2) is 4.98. The van der Waals surface area contributed by atoms with Gasteiger partial charge >= 0.3 is 5.97 Å². The highest BCUT2D eigenvalue weighted by Crippen LogP contribution is 2.48. The predicted molar refractivity (Wildman–Crippen MR) is 77.1 cm³/mol. The molecule has 1 unspecified atom stereocenters. The lowest BCUT2D eigenvalue weighted by Crippen LogP contribution is -2.15. The van der Waals surface area contributed by atoms with Gasteiger partial charge in [-0.15, -0.1) is 0 Å². The van der Waals surface area contributed by atoms with E-state index in [9.17, 15) is 4.79 Å². The monoisotopic (exact) mass is 286 g/mol. The van der Waals surface area contributed by atoms with E-state index in [0.29, 0.717) is 17.3 Å². The quantitative estimate of drug-likeness (QED) is 0.930. The van der Waals surface area contributed by atoms with Gasteiger partial charge in [0.2, 0.25) is 11.7 Å². The summed E-state index contributed by atoms with van der Waals surface area (Å²) < 4.78 is 5.43. The van der Waals surface area contributed by atoms with Gasteiger partial charge in [0.05, 0.1) is 5.56 Å². The normalized spacial score (nSPS) is 20.6. The standard InChI is InChI=1S/C16H18N2O3/c1-16(2)8-4-7-12(16)14-17-13(18-21-14)10-5-3-6-11(9-10)15(19)20/h3,5-6,9,12H,4,7-8H2,1-2H3,(H,19,20). The Morgan fingerprint density at radius 2 is 2.24 bits per heavy atom. The van der Waals surface area contributed by atoms with Crippen LogP contribution >= 0.6 is 0 Å². The van der Waals surface area contributed by atoms with Gasteiger partial charge in [0.25, 0.3) is 0 Å². The molecule has 1 saturated carbocycles. The second-order valence-electron chi connectivity index (χ2n) is 6.28. The summed E-state index contributed by atoms with van der Waals surface area (Å²) in [5, 5.41) is 13.1. The molecule has 1 fully saturated rings. The molecule has 0 bridgehead atoms. The number of rotatable bonds is 3. The van der Waals surface area contributed by atoms with Crippen molar-refractivity contribution < 1.29 is 14.4 Å². The maximum Gasteiger partial charge on any atom is 0.335 e. The number of benzene rings is 1. The largest absolute Gasteiger partial charge is 0.478 e. The smallest absolute Gasteiger partial charge is 0.335 e. The van der Waals surface area contributed by atoms with Crippen LogP contribution in [-0.4, -0.2) is 21.2 Å². The second-order valence-corrected chi connectivity index (χ2v) is 6.28. The fourth-order valence-electron chi connectivity index (χ4n) is 3.07. The number of aromatic carboxylic acids is 1. The molecule has 21 heavy (non-hydrogen) atoms. The minimum absolute atomic E-state index is 0.173. The van der Waals surface area contributed by atoms with Crippen LogP contribution in [-0.2, 0) is 0 Å². The van der Waals surface area contributed by atoms with Gasteiger partial charge in [0.1, 0.15) is 0 Å². The van der Waals surface area contributed by atoms with Gasteiger partial charge < -0.3 is 9.63 Å². The van der Waals surface area contributed by atoms with Crippen LogP contribution in [0.1, 0.15) is 55.3 Å². The lowest BCUT2D eigenvalue weighted by molar-refractivity contribution is 0.0697. The summed E-state index contributed by atoms with van der Waals surface area (Å²) in [4.78, 5) is 15.5. The molecule has 0 aliphatic heterocycles. The summed E-state index contributed by atoms with van der Waals surface area (Å²) in [6, 6.07) is 6.60. The van der Waals surface area contributed by atoms with Crippen LogP contribution in [0.4, 0.5) is 0 Å². The van der Waals surface area contributed by atoms with Crippen LogP contribution in [0.15, 0.2) is 28.8 Å². The third kappa shape index (κ3) is 2.55. The molecule has 1 aliphatic carbocycles. The molecule has 1 aromatic heterocycles. The SMILES string of the molecule is CC1(C)CCCC1c1nc(-c2cccc(C(=O)O)c2)no1. The molecule has 1 heterocycles. The number of carboxylic acid groups (broad SMARTS) is 1. The molecule has 5 heteroatoms. The number of aromatic nitrogens is 2.